The van der Waals surface area contributed by atoms with Crippen LogP contribution in [0.25, 0.3) is 0 Å². The SMILES string of the molecule is CCc1noc(CC)c1CNC(=NC)NCc1ccnc(OC(C)CC(C)C)c1.I. The molecule has 2 rings (SSSR count). The summed E-state index contributed by atoms with van der Waals surface area (Å²) < 4.78 is 11.4. The molecule has 2 aromatic heterocycles. The number of nitrogens with zero attached hydrogens (tertiary/aromatic N) is 3. The average Bonchev–Trinajstić information content (AvgIpc) is 3.09. The zero-order valence-electron chi connectivity index (χ0n) is 19.0. The Labute approximate surface area is 197 Å². The minimum Gasteiger partial charge on any atom is -0.475 e. The molecule has 0 spiro atoms. The monoisotopic (exact) mass is 529 g/mol. The lowest BCUT2D eigenvalue weighted by Crippen LogP contribution is -2.36. The van der Waals surface area contributed by atoms with Crippen LogP contribution in [0.4, 0.5) is 0 Å². The third-order valence-electron chi connectivity index (χ3n) is 4.65. The molecule has 0 radical (unpaired) electrons. The Morgan fingerprint density at radius 1 is 1.17 bits per heavy atom. The molecule has 2 aromatic rings. The molecule has 0 saturated carbocycles. The van der Waals surface area contributed by atoms with Crippen molar-refractivity contribution in [2.75, 3.05) is 7.05 Å². The highest BCUT2D eigenvalue weighted by molar-refractivity contribution is 14.0. The van der Waals surface area contributed by atoms with Crippen LogP contribution in [0.2, 0.25) is 0 Å². The van der Waals surface area contributed by atoms with Crippen LogP contribution in [-0.2, 0) is 25.9 Å². The summed E-state index contributed by atoms with van der Waals surface area (Å²) >= 11 is 0. The van der Waals surface area contributed by atoms with Gasteiger partial charge >= 0.3 is 0 Å². The van der Waals surface area contributed by atoms with E-state index >= 15 is 0 Å². The van der Waals surface area contributed by atoms with Gasteiger partial charge in [-0.05, 0) is 37.3 Å². The van der Waals surface area contributed by atoms with Gasteiger partial charge in [0, 0.05) is 44.4 Å². The fraction of sp³-hybridized carbons (Fsp3) is 0.591. The number of nitrogens with one attached hydrogen (secondary N) is 2. The van der Waals surface area contributed by atoms with Crippen molar-refractivity contribution in [1.82, 2.24) is 20.8 Å². The number of aliphatic imine (C=N–C) groups is 1. The van der Waals surface area contributed by atoms with Crippen molar-refractivity contribution in [1.29, 1.82) is 0 Å². The van der Waals surface area contributed by atoms with Gasteiger partial charge in [-0.3, -0.25) is 4.99 Å². The Kier molecular flexibility index (Phi) is 11.8. The van der Waals surface area contributed by atoms with E-state index in [1.54, 1.807) is 13.2 Å². The van der Waals surface area contributed by atoms with Crippen LogP contribution < -0.4 is 15.4 Å². The summed E-state index contributed by atoms with van der Waals surface area (Å²) in [6, 6.07) is 3.95. The van der Waals surface area contributed by atoms with Crippen molar-refractivity contribution in [2.24, 2.45) is 10.9 Å². The van der Waals surface area contributed by atoms with Crippen molar-refractivity contribution >= 4 is 29.9 Å². The topological polar surface area (TPSA) is 84.6 Å². The van der Waals surface area contributed by atoms with Gasteiger partial charge in [-0.25, -0.2) is 4.98 Å². The van der Waals surface area contributed by atoms with E-state index in [0.717, 1.165) is 47.8 Å². The van der Waals surface area contributed by atoms with Crippen LogP contribution in [0.5, 0.6) is 5.88 Å². The molecule has 1 unspecified atom stereocenters. The number of ether oxygens (including phenoxy) is 1. The number of guanidine groups is 1. The maximum absolute atomic E-state index is 5.94. The number of hydrogen-bond donors (Lipinski definition) is 2. The second-order valence-corrected chi connectivity index (χ2v) is 7.58. The molecular weight excluding hydrogens is 493 g/mol. The van der Waals surface area contributed by atoms with Crippen LogP contribution >= 0.6 is 24.0 Å². The van der Waals surface area contributed by atoms with Gasteiger partial charge in [-0.15, -0.1) is 24.0 Å². The standard InChI is InChI=1S/C22H35N5O2.HI/c1-7-19-18(20(8-2)29-27-19)14-26-22(23-6)25-13-17-9-10-24-21(12-17)28-16(5)11-15(3)4;/h9-10,12,15-16H,7-8,11,13-14H2,1-6H3,(H2,23,25,26);1H. The quantitative estimate of drug-likeness (QED) is 0.268. The average molecular weight is 529 g/mol. The number of aryl methyl sites for hydroxylation is 2. The van der Waals surface area contributed by atoms with Gasteiger partial charge in [0.2, 0.25) is 5.88 Å². The van der Waals surface area contributed by atoms with Gasteiger partial charge in [0.15, 0.2) is 5.96 Å². The first-order valence-corrected chi connectivity index (χ1v) is 10.5. The third kappa shape index (κ3) is 8.12. The molecule has 0 aliphatic heterocycles. The summed E-state index contributed by atoms with van der Waals surface area (Å²) in [4.78, 5) is 8.64. The Morgan fingerprint density at radius 3 is 2.53 bits per heavy atom. The second-order valence-electron chi connectivity index (χ2n) is 7.58. The molecule has 0 aliphatic carbocycles. The van der Waals surface area contributed by atoms with Gasteiger partial charge < -0.3 is 19.9 Å². The summed E-state index contributed by atoms with van der Waals surface area (Å²) in [6.45, 7) is 11.9. The molecular formula is C22H36IN5O2. The molecule has 2 heterocycles. The molecule has 0 amide bonds. The normalized spacial score (nSPS) is 12.4. The van der Waals surface area contributed by atoms with Crippen LogP contribution in [0, 0.1) is 5.92 Å². The van der Waals surface area contributed by atoms with E-state index in [-0.39, 0.29) is 30.1 Å². The number of hydrogen-bond acceptors (Lipinski definition) is 5. The highest BCUT2D eigenvalue weighted by Crippen LogP contribution is 2.16. The lowest BCUT2D eigenvalue weighted by Gasteiger charge is -2.16. The third-order valence-corrected chi connectivity index (χ3v) is 4.65. The lowest BCUT2D eigenvalue weighted by atomic mass is 10.1. The summed E-state index contributed by atoms with van der Waals surface area (Å²) in [5.74, 6) is 2.90. The zero-order chi connectivity index (χ0) is 21.2. The van der Waals surface area contributed by atoms with Crippen molar-refractivity contribution in [3.63, 3.8) is 0 Å². The van der Waals surface area contributed by atoms with E-state index in [9.17, 15) is 0 Å². The summed E-state index contributed by atoms with van der Waals surface area (Å²) in [5, 5.41) is 10.9. The fourth-order valence-electron chi connectivity index (χ4n) is 3.26. The first-order chi connectivity index (χ1) is 14.0. The Balaban J connectivity index is 0.00000450. The Bertz CT molecular complexity index is 770. The highest BCUT2D eigenvalue weighted by atomic mass is 127. The minimum atomic E-state index is 0. The lowest BCUT2D eigenvalue weighted by molar-refractivity contribution is 0.185. The Morgan fingerprint density at radius 2 is 1.90 bits per heavy atom. The molecule has 30 heavy (non-hydrogen) atoms. The van der Waals surface area contributed by atoms with Crippen LogP contribution in [0.3, 0.4) is 0 Å². The van der Waals surface area contributed by atoms with Crippen LogP contribution in [0.1, 0.15) is 63.6 Å². The maximum atomic E-state index is 5.94. The Hall–Kier alpha value is -1.84. The second kappa shape index (κ2) is 13.5. The summed E-state index contributed by atoms with van der Waals surface area (Å²) in [6.07, 6.45) is 4.60. The maximum Gasteiger partial charge on any atom is 0.213 e. The first kappa shape index (κ1) is 26.2. The van der Waals surface area contributed by atoms with Crippen LogP contribution in [0.15, 0.2) is 27.8 Å². The van der Waals surface area contributed by atoms with Crippen molar-refractivity contribution in [3.8, 4) is 5.88 Å². The van der Waals surface area contributed by atoms with E-state index in [4.69, 9.17) is 9.26 Å². The van der Waals surface area contributed by atoms with E-state index < -0.39 is 0 Å². The van der Waals surface area contributed by atoms with Gasteiger partial charge in [0.1, 0.15) is 5.76 Å². The van der Waals surface area contributed by atoms with E-state index in [1.807, 2.05) is 12.1 Å². The van der Waals surface area contributed by atoms with Crippen molar-refractivity contribution < 1.29 is 9.26 Å². The van der Waals surface area contributed by atoms with Crippen molar-refractivity contribution in [2.45, 2.75) is 73.1 Å². The number of aromatic nitrogens is 2. The highest BCUT2D eigenvalue weighted by Gasteiger charge is 2.14. The summed E-state index contributed by atoms with van der Waals surface area (Å²) in [7, 11) is 1.76. The van der Waals surface area contributed by atoms with Crippen LogP contribution in [-0.4, -0.2) is 29.3 Å². The van der Waals surface area contributed by atoms with Gasteiger partial charge in [0.25, 0.3) is 0 Å². The fourth-order valence-corrected chi connectivity index (χ4v) is 3.26. The van der Waals surface area contributed by atoms with E-state index in [2.05, 4.69) is 60.4 Å². The molecule has 0 aliphatic rings. The molecule has 8 heteroatoms. The predicted molar refractivity (Wildman–Crippen MR) is 131 cm³/mol. The van der Waals surface area contributed by atoms with E-state index in [0.29, 0.717) is 24.9 Å². The molecule has 0 bridgehead atoms. The number of pyridine rings is 1. The molecule has 2 N–H and O–H groups in total. The van der Waals surface area contributed by atoms with Gasteiger partial charge in [-0.1, -0.05) is 32.9 Å². The number of halogens is 1. The molecule has 0 saturated heterocycles. The number of rotatable bonds is 10. The van der Waals surface area contributed by atoms with Gasteiger partial charge in [-0.2, -0.15) is 0 Å². The molecule has 7 nitrogen and oxygen atoms in total. The predicted octanol–water partition coefficient (Wildman–Crippen LogP) is 4.49. The molecule has 0 aromatic carbocycles. The smallest absolute Gasteiger partial charge is 0.213 e. The van der Waals surface area contributed by atoms with E-state index in [1.165, 1.54) is 0 Å². The van der Waals surface area contributed by atoms with Crippen molar-refractivity contribution in [3.05, 3.63) is 40.9 Å². The van der Waals surface area contributed by atoms with Gasteiger partial charge in [0.05, 0.1) is 11.8 Å². The summed E-state index contributed by atoms with van der Waals surface area (Å²) in [5.41, 5.74) is 3.20. The first-order valence-electron chi connectivity index (χ1n) is 10.5. The zero-order valence-corrected chi connectivity index (χ0v) is 21.3. The largest absolute Gasteiger partial charge is 0.475 e. The minimum absolute atomic E-state index is 0. The molecule has 1 atom stereocenters. The molecule has 0 fully saturated rings. The molecule has 168 valence electrons.